The fourth-order valence-corrected chi connectivity index (χ4v) is 6.41. The van der Waals surface area contributed by atoms with Crippen LogP contribution in [-0.2, 0) is 19.9 Å². The molecule has 0 saturated carbocycles. The van der Waals surface area contributed by atoms with Crippen LogP contribution in [0.1, 0.15) is 18.9 Å². The van der Waals surface area contributed by atoms with Crippen molar-refractivity contribution in [1.82, 2.24) is 4.31 Å². The Kier molecular flexibility index (Phi) is 4.32. The van der Waals surface area contributed by atoms with Gasteiger partial charge in [-0.05, 0) is 31.0 Å². The van der Waals surface area contributed by atoms with E-state index in [9.17, 15) is 16.8 Å². The van der Waals surface area contributed by atoms with E-state index in [0.29, 0.717) is 17.7 Å². The van der Waals surface area contributed by atoms with Gasteiger partial charge >= 0.3 is 0 Å². The van der Waals surface area contributed by atoms with Crippen molar-refractivity contribution in [3.8, 4) is 0 Å². The van der Waals surface area contributed by atoms with Crippen LogP contribution >= 0.6 is 0 Å². The monoisotopic (exact) mass is 332 g/mol. The summed E-state index contributed by atoms with van der Waals surface area (Å²) < 4.78 is 50.1. The first kappa shape index (κ1) is 16.3. The molecule has 8 heteroatoms. The van der Waals surface area contributed by atoms with E-state index in [1.165, 1.54) is 10.4 Å². The minimum atomic E-state index is -3.75. The molecule has 1 aliphatic heterocycles. The Balaban J connectivity index is 2.44. The lowest BCUT2D eigenvalue weighted by Crippen LogP contribution is -2.41. The number of sulfone groups is 1. The van der Waals surface area contributed by atoms with Crippen molar-refractivity contribution in [1.29, 1.82) is 0 Å². The average Bonchev–Trinajstić information content (AvgIpc) is 2.73. The molecule has 1 aliphatic rings. The topological polar surface area (TPSA) is 97.5 Å². The number of hydrogen-bond donors (Lipinski definition) is 1. The van der Waals surface area contributed by atoms with E-state index in [1.54, 1.807) is 26.0 Å². The highest BCUT2D eigenvalue weighted by atomic mass is 32.2. The van der Waals surface area contributed by atoms with Gasteiger partial charge in [0.1, 0.15) is 0 Å². The van der Waals surface area contributed by atoms with E-state index in [2.05, 4.69) is 0 Å². The molecule has 1 aromatic carbocycles. The number of nitrogens with zero attached hydrogens (tertiary/aromatic N) is 1. The van der Waals surface area contributed by atoms with Crippen molar-refractivity contribution in [3.63, 3.8) is 0 Å². The summed E-state index contributed by atoms with van der Waals surface area (Å²) in [6.07, 6.45) is 0.344. The highest BCUT2D eigenvalue weighted by molar-refractivity contribution is 7.92. The normalized spacial score (nSPS) is 21.8. The molecule has 1 atom stereocenters. The molecule has 1 heterocycles. The summed E-state index contributed by atoms with van der Waals surface area (Å²) >= 11 is 0. The third kappa shape index (κ3) is 3.07. The Labute approximate surface area is 125 Å². The first-order valence-electron chi connectivity index (χ1n) is 6.76. The summed E-state index contributed by atoms with van der Waals surface area (Å²) in [4.78, 5) is 0.147. The van der Waals surface area contributed by atoms with E-state index in [-0.39, 0.29) is 22.9 Å². The Bertz CT molecular complexity index is 741. The Morgan fingerprint density at radius 2 is 2.05 bits per heavy atom. The van der Waals surface area contributed by atoms with Crippen LogP contribution in [0, 0.1) is 6.92 Å². The van der Waals surface area contributed by atoms with Crippen LogP contribution in [0.15, 0.2) is 23.1 Å². The largest absolute Gasteiger partial charge is 0.398 e. The van der Waals surface area contributed by atoms with Gasteiger partial charge in [0.2, 0.25) is 10.0 Å². The maximum Gasteiger partial charge on any atom is 0.243 e. The maximum absolute atomic E-state index is 12.8. The second-order valence-electron chi connectivity index (χ2n) is 5.24. The molecule has 0 spiro atoms. The minimum Gasteiger partial charge on any atom is -0.398 e. The van der Waals surface area contributed by atoms with Gasteiger partial charge in [-0.15, -0.1) is 0 Å². The summed E-state index contributed by atoms with van der Waals surface area (Å²) in [7, 11) is -6.89. The first-order valence-corrected chi connectivity index (χ1v) is 10.0. The molecule has 1 saturated heterocycles. The van der Waals surface area contributed by atoms with Gasteiger partial charge in [-0.25, -0.2) is 16.8 Å². The number of anilines is 1. The molecule has 0 aliphatic carbocycles. The molecule has 1 unspecified atom stereocenters. The first-order chi connectivity index (χ1) is 9.69. The van der Waals surface area contributed by atoms with Crippen LogP contribution in [0.25, 0.3) is 0 Å². The number of benzene rings is 1. The van der Waals surface area contributed by atoms with Crippen molar-refractivity contribution in [3.05, 3.63) is 23.8 Å². The van der Waals surface area contributed by atoms with E-state index in [1.807, 2.05) is 0 Å². The van der Waals surface area contributed by atoms with Crippen molar-refractivity contribution < 1.29 is 16.8 Å². The molecule has 0 aromatic heterocycles. The van der Waals surface area contributed by atoms with E-state index in [4.69, 9.17) is 5.73 Å². The zero-order valence-electron chi connectivity index (χ0n) is 12.1. The molecule has 1 aromatic rings. The number of sulfonamides is 1. The quantitative estimate of drug-likeness (QED) is 0.822. The number of nitrogens with two attached hydrogens (primary N) is 1. The Morgan fingerprint density at radius 1 is 1.38 bits per heavy atom. The minimum absolute atomic E-state index is 0.0413. The van der Waals surface area contributed by atoms with Gasteiger partial charge in [0, 0.05) is 18.3 Å². The predicted octanol–water partition coefficient (Wildman–Crippen LogP) is 0.775. The van der Waals surface area contributed by atoms with Gasteiger partial charge in [0.05, 0.1) is 16.4 Å². The highest BCUT2D eigenvalue weighted by Crippen LogP contribution is 2.28. The van der Waals surface area contributed by atoms with Gasteiger partial charge in [-0.1, -0.05) is 13.0 Å². The molecular formula is C13H20N2O4S2. The summed E-state index contributed by atoms with van der Waals surface area (Å²) in [5.74, 6) is -0.0684. The summed E-state index contributed by atoms with van der Waals surface area (Å²) in [5, 5.41) is 0. The fourth-order valence-electron chi connectivity index (χ4n) is 2.66. The molecule has 1 fully saturated rings. The Morgan fingerprint density at radius 3 is 2.57 bits per heavy atom. The fraction of sp³-hybridized carbons (Fsp3) is 0.538. The standard InChI is InChI=1S/C13H20N2O4S2/c1-3-15(11-7-8-20(16,17)9-11)21(18,19)13-6-4-5-12(14)10(13)2/h4-6,11H,3,7-9,14H2,1-2H3. The lowest BCUT2D eigenvalue weighted by Gasteiger charge is -2.26. The molecule has 21 heavy (non-hydrogen) atoms. The van der Waals surface area contributed by atoms with E-state index < -0.39 is 25.9 Å². The Hall–Kier alpha value is -1.12. The molecule has 6 nitrogen and oxygen atoms in total. The number of hydrogen-bond acceptors (Lipinski definition) is 5. The zero-order valence-corrected chi connectivity index (χ0v) is 13.7. The molecule has 118 valence electrons. The molecule has 2 N–H and O–H groups in total. The zero-order chi connectivity index (χ0) is 15.8. The van der Waals surface area contributed by atoms with E-state index >= 15 is 0 Å². The summed E-state index contributed by atoms with van der Waals surface area (Å²) in [5.41, 5.74) is 6.68. The van der Waals surface area contributed by atoms with Gasteiger partial charge in [0.15, 0.2) is 9.84 Å². The van der Waals surface area contributed by atoms with Crippen molar-refractivity contribution in [2.24, 2.45) is 0 Å². The van der Waals surface area contributed by atoms with Crippen LogP contribution < -0.4 is 5.73 Å². The lowest BCUT2D eigenvalue weighted by atomic mass is 10.2. The maximum atomic E-state index is 12.8. The van der Waals surface area contributed by atoms with Gasteiger partial charge in [-0.2, -0.15) is 4.31 Å². The molecule has 0 amide bonds. The summed E-state index contributed by atoms with van der Waals surface area (Å²) in [6, 6.07) is 4.25. The molecule has 0 radical (unpaired) electrons. The smallest absolute Gasteiger partial charge is 0.243 e. The highest BCUT2D eigenvalue weighted by Gasteiger charge is 2.38. The lowest BCUT2D eigenvalue weighted by molar-refractivity contribution is 0.354. The molecule has 0 bridgehead atoms. The van der Waals surface area contributed by atoms with Crippen LogP contribution in [0.4, 0.5) is 5.69 Å². The van der Waals surface area contributed by atoms with Gasteiger partial charge in [0.25, 0.3) is 0 Å². The van der Waals surface area contributed by atoms with Crippen molar-refractivity contribution in [2.45, 2.75) is 31.2 Å². The van der Waals surface area contributed by atoms with Gasteiger partial charge in [-0.3, -0.25) is 0 Å². The molecular weight excluding hydrogens is 312 g/mol. The second kappa shape index (κ2) is 5.58. The SMILES string of the molecule is CCN(C1CCS(=O)(=O)C1)S(=O)(=O)c1cccc(N)c1C. The van der Waals surface area contributed by atoms with Crippen molar-refractivity contribution >= 4 is 25.5 Å². The number of nitrogen functional groups attached to an aromatic ring is 1. The predicted molar refractivity (Wildman–Crippen MR) is 82.2 cm³/mol. The van der Waals surface area contributed by atoms with Crippen LogP contribution in [0.5, 0.6) is 0 Å². The third-order valence-electron chi connectivity index (χ3n) is 3.84. The van der Waals surface area contributed by atoms with Crippen LogP contribution in [0.3, 0.4) is 0 Å². The summed E-state index contributed by atoms with van der Waals surface area (Å²) in [6.45, 7) is 3.60. The van der Waals surface area contributed by atoms with Crippen LogP contribution in [0.2, 0.25) is 0 Å². The average molecular weight is 332 g/mol. The van der Waals surface area contributed by atoms with Crippen LogP contribution in [-0.4, -0.2) is 45.2 Å². The van der Waals surface area contributed by atoms with Gasteiger partial charge < -0.3 is 5.73 Å². The van der Waals surface area contributed by atoms with E-state index in [0.717, 1.165) is 0 Å². The second-order valence-corrected chi connectivity index (χ2v) is 9.32. The molecule has 2 rings (SSSR count). The van der Waals surface area contributed by atoms with Crippen molar-refractivity contribution in [2.75, 3.05) is 23.8 Å². The third-order valence-corrected chi connectivity index (χ3v) is 7.76. The number of rotatable bonds is 4.